The molecule has 2 aromatic heterocycles. The van der Waals surface area contributed by atoms with Gasteiger partial charge in [0.25, 0.3) is 0 Å². The normalized spacial score (nSPS) is 11.9. The fourth-order valence-electron chi connectivity index (χ4n) is 1.81. The molecule has 0 saturated carbocycles. The molecular weight excluding hydrogens is 292 g/mol. The van der Waals surface area contributed by atoms with Gasteiger partial charge in [-0.1, -0.05) is 6.92 Å². The number of likely N-dealkylation sites (N-methyl/N-ethyl adjacent to an activating group) is 1. The van der Waals surface area contributed by atoms with Crippen molar-refractivity contribution in [2.24, 2.45) is 0 Å². The molecule has 116 valence electrons. The molecule has 0 aromatic carbocycles. The van der Waals surface area contributed by atoms with E-state index in [4.69, 9.17) is 4.42 Å². The number of hydrogen-bond donors (Lipinski definition) is 2. The van der Waals surface area contributed by atoms with Gasteiger partial charge in [-0.3, -0.25) is 4.68 Å². The van der Waals surface area contributed by atoms with Crippen LogP contribution in [0.4, 0.5) is 0 Å². The van der Waals surface area contributed by atoms with Crippen LogP contribution in [0.15, 0.2) is 33.8 Å². The van der Waals surface area contributed by atoms with E-state index >= 15 is 0 Å². The third-order valence-electron chi connectivity index (χ3n) is 2.92. The minimum absolute atomic E-state index is 0.124. The highest BCUT2D eigenvalue weighted by atomic mass is 32.2. The fraction of sp³-hybridized carbons (Fsp3) is 0.462. The Balaban J connectivity index is 1.95. The van der Waals surface area contributed by atoms with Crippen molar-refractivity contribution in [1.29, 1.82) is 0 Å². The third kappa shape index (κ3) is 4.42. The number of rotatable bonds is 8. The summed E-state index contributed by atoms with van der Waals surface area (Å²) in [5, 5.41) is 7.20. The first kappa shape index (κ1) is 15.7. The molecule has 21 heavy (non-hydrogen) atoms. The third-order valence-corrected chi connectivity index (χ3v) is 4.28. The summed E-state index contributed by atoms with van der Waals surface area (Å²) in [4.78, 5) is 0.155. The predicted octanol–water partition coefficient (Wildman–Crippen LogP) is 0.873. The summed E-state index contributed by atoms with van der Waals surface area (Å²) < 4.78 is 33.7. The molecule has 0 saturated heterocycles. The van der Waals surface area contributed by atoms with Crippen molar-refractivity contribution in [1.82, 2.24) is 19.8 Å². The SMILES string of the molecule is CCNCCn1cc(S(=O)(=O)NCc2ccc(C)o2)cn1. The average molecular weight is 312 g/mol. The summed E-state index contributed by atoms with van der Waals surface area (Å²) in [6.45, 7) is 6.19. The van der Waals surface area contributed by atoms with Crippen LogP contribution in [0.2, 0.25) is 0 Å². The van der Waals surface area contributed by atoms with E-state index in [0.29, 0.717) is 12.3 Å². The van der Waals surface area contributed by atoms with Gasteiger partial charge in [0.05, 0.1) is 19.3 Å². The van der Waals surface area contributed by atoms with Crippen LogP contribution in [0.25, 0.3) is 0 Å². The highest BCUT2D eigenvalue weighted by Crippen LogP contribution is 2.10. The minimum Gasteiger partial charge on any atom is -0.465 e. The van der Waals surface area contributed by atoms with Crippen molar-refractivity contribution in [3.63, 3.8) is 0 Å². The fourth-order valence-corrected chi connectivity index (χ4v) is 2.75. The Morgan fingerprint density at radius 1 is 1.38 bits per heavy atom. The zero-order chi connectivity index (χ0) is 15.3. The molecule has 7 nitrogen and oxygen atoms in total. The van der Waals surface area contributed by atoms with Gasteiger partial charge >= 0.3 is 0 Å². The van der Waals surface area contributed by atoms with E-state index in [-0.39, 0.29) is 11.4 Å². The van der Waals surface area contributed by atoms with Gasteiger partial charge in [0.15, 0.2) is 0 Å². The standard InChI is InChI=1S/C13H20N4O3S/c1-3-14-6-7-17-10-13(9-15-17)21(18,19)16-8-12-5-4-11(2)20-12/h4-5,9-10,14,16H,3,6-8H2,1-2H3. The van der Waals surface area contributed by atoms with Gasteiger partial charge in [-0.25, -0.2) is 13.1 Å². The Labute approximate surface area is 124 Å². The molecule has 0 aliphatic heterocycles. The van der Waals surface area contributed by atoms with Gasteiger partial charge in [-0.2, -0.15) is 5.10 Å². The van der Waals surface area contributed by atoms with Crippen LogP contribution < -0.4 is 10.0 Å². The number of aromatic nitrogens is 2. The Morgan fingerprint density at radius 3 is 2.86 bits per heavy atom. The van der Waals surface area contributed by atoms with E-state index in [1.165, 1.54) is 12.4 Å². The number of aryl methyl sites for hydroxylation is 1. The van der Waals surface area contributed by atoms with Crippen LogP contribution in [-0.2, 0) is 23.1 Å². The maximum atomic E-state index is 12.1. The molecule has 8 heteroatoms. The van der Waals surface area contributed by atoms with Crippen LogP contribution in [0.1, 0.15) is 18.4 Å². The molecule has 0 spiro atoms. The van der Waals surface area contributed by atoms with Crippen molar-refractivity contribution in [2.75, 3.05) is 13.1 Å². The van der Waals surface area contributed by atoms with E-state index in [9.17, 15) is 8.42 Å². The van der Waals surface area contributed by atoms with Gasteiger partial charge < -0.3 is 9.73 Å². The molecule has 0 amide bonds. The predicted molar refractivity (Wildman–Crippen MR) is 78.2 cm³/mol. The summed E-state index contributed by atoms with van der Waals surface area (Å²) in [5.74, 6) is 1.33. The highest BCUT2D eigenvalue weighted by molar-refractivity contribution is 7.89. The maximum Gasteiger partial charge on any atom is 0.244 e. The monoisotopic (exact) mass is 312 g/mol. The van der Waals surface area contributed by atoms with Gasteiger partial charge in [-0.15, -0.1) is 0 Å². The summed E-state index contributed by atoms with van der Waals surface area (Å²) in [5.41, 5.74) is 0. The Bertz CT molecular complexity index is 675. The molecule has 0 atom stereocenters. The Kier molecular flexibility index (Phi) is 5.16. The lowest BCUT2D eigenvalue weighted by Crippen LogP contribution is -2.23. The molecule has 0 radical (unpaired) electrons. The van der Waals surface area contributed by atoms with Crippen LogP contribution >= 0.6 is 0 Å². The van der Waals surface area contributed by atoms with E-state index in [1.54, 1.807) is 16.8 Å². The second-order valence-corrected chi connectivity index (χ2v) is 6.40. The summed E-state index contributed by atoms with van der Waals surface area (Å²) in [6.07, 6.45) is 2.87. The summed E-state index contributed by atoms with van der Waals surface area (Å²) in [6, 6.07) is 3.54. The molecule has 0 bridgehead atoms. The first-order valence-electron chi connectivity index (χ1n) is 6.79. The van der Waals surface area contributed by atoms with Crippen molar-refractivity contribution in [3.05, 3.63) is 36.0 Å². The van der Waals surface area contributed by atoms with E-state index in [1.807, 2.05) is 13.8 Å². The zero-order valence-corrected chi connectivity index (χ0v) is 13.0. The lowest BCUT2D eigenvalue weighted by atomic mass is 10.4. The second kappa shape index (κ2) is 6.88. The smallest absolute Gasteiger partial charge is 0.244 e. The van der Waals surface area contributed by atoms with E-state index in [0.717, 1.165) is 18.8 Å². The summed E-state index contributed by atoms with van der Waals surface area (Å²) >= 11 is 0. The maximum absolute atomic E-state index is 12.1. The summed E-state index contributed by atoms with van der Waals surface area (Å²) in [7, 11) is -3.57. The molecule has 2 rings (SSSR count). The van der Waals surface area contributed by atoms with Crippen LogP contribution in [0.3, 0.4) is 0 Å². The molecule has 0 unspecified atom stereocenters. The van der Waals surface area contributed by atoms with Crippen LogP contribution in [0.5, 0.6) is 0 Å². The number of nitrogens with one attached hydrogen (secondary N) is 2. The van der Waals surface area contributed by atoms with E-state index < -0.39 is 10.0 Å². The van der Waals surface area contributed by atoms with Gasteiger partial charge in [0.2, 0.25) is 10.0 Å². The largest absolute Gasteiger partial charge is 0.465 e. The minimum atomic E-state index is -3.57. The van der Waals surface area contributed by atoms with Crippen molar-refractivity contribution < 1.29 is 12.8 Å². The lowest BCUT2D eigenvalue weighted by molar-refractivity contribution is 0.475. The molecule has 2 aromatic rings. The molecule has 2 heterocycles. The number of furan rings is 1. The Morgan fingerprint density at radius 2 is 2.19 bits per heavy atom. The van der Waals surface area contributed by atoms with Crippen LogP contribution in [0, 0.1) is 6.92 Å². The molecule has 0 aliphatic carbocycles. The first-order chi connectivity index (χ1) is 10.0. The van der Waals surface area contributed by atoms with Crippen molar-refractivity contribution in [2.45, 2.75) is 31.8 Å². The molecular formula is C13H20N4O3S. The zero-order valence-electron chi connectivity index (χ0n) is 12.2. The lowest BCUT2D eigenvalue weighted by Gasteiger charge is -2.03. The first-order valence-corrected chi connectivity index (χ1v) is 8.27. The number of sulfonamides is 1. The van der Waals surface area contributed by atoms with Crippen LogP contribution in [-0.4, -0.2) is 31.3 Å². The van der Waals surface area contributed by atoms with Gasteiger partial charge in [0, 0.05) is 12.7 Å². The molecule has 0 fully saturated rings. The quantitative estimate of drug-likeness (QED) is 0.706. The van der Waals surface area contributed by atoms with Gasteiger partial charge in [-0.05, 0) is 25.6 Å². The number of hydrogen-bond acceptors (Lipinski definition) is 5. The Hall–Kier alpha value is -1.64. The van der Waals surface area contributed by atoms with Crippen molar-refractivity contribution >= 4 is 10.0 Å². The van der Waals surface area contributed by atoms with E-state index in [2.05, 4.69) is 15.1 Å². The van der Waals surface area contributed by atoms with Gasteiger partial charge in [0.1, 0.15) is 16.4 Å². The average Bonchev–Trinajstić information content (AvgIpc) is 3.06. The number of nitrogens with zero attached hydrogens (tertiary/aromatic N) is 2. The second-order valence-electron chi connectivity index (χ2n) is 4.63. The highest BCUT2D eigenvalue weighted by Gasteiger charge is 2.16. The van der Waals surface area contributed by atoms with Crippen molar-refractivity contribution in [3.8, 4) is 0 Å². The molecule has 2 N–H and O–H groups in total. The molecule has 0 aliphatic rings. The topological polar surface area (TPSA) is 89.2 Å².